The van der Waals surface area contributed by atoms with E-state index in [1.54, 1.807) is 6.08 Å². The maximum absolute atomic E-state index is 3.82. The van der Waals surface area contributed by atoms with Crippen LogP contribution in [0.4, 0.5) is 0 Å². The first-order valence-electron chi connectivity index (χ1n) is 5.25. The first-order valence-corrected chi connectivity index (χ1v) is 5.25. The zero-order chi connectivity index (χ0) is 11.8. The molecule has 0 nitrogen and oxygen atoms in total. The predicted molar refractivity (Wildman–Crippen MR) is 72.1 cm³/mol. The van der Waals surface area contributed by atoms with Gasteiger partial charge >= 0.3 is 0 Å². The minimum atomic E-state index is 1.04. The highest BCUT2D eigenvalue weighted by atomic mass is 14.1. The Hall–Kier alpha value is -2.04. The van der Waals surface area contributed by atoms with Gasteiger partial charge in [-0.2, -0.15) is 0 Å². The first-order chi connectivity index (χ1) is 7.83. The van der Waals surface area contributed by atoms with Crippen molar-refractivity contribution in [1.82, 2.24) is 0 Å². The SMILES string of the molecule is C=C/C=C(C1=C=CC=CC=C1)\C(C=C)=C/C. The van der Waals surface area contributed by atoms with E-state index in [0.29, 0.717) is 0 Å². The van der Waals surface area contributed by atoms with Crippen LogP contribution in [-0.4, -0.2) is 0 Å². The maximum Gasteiger partial charge on any atom is 0.0242 e. The quantitative estimate of drug-likeness (QED) is 0.473. The van der Waals surface area contributed by atoms with E-state index in [2.05, 4.69) is 18.9 Å². The summed E-state index contributed by atoms with van der Waals surface area (Å²) < 4.78 is 0. The molecule has 0 bridgehead atoms. The van der Waals surface area contributed by atoms with Crippen molar-refractivity contribution in [1.29, 1.82) is 0 Å². The highest BCUT2D eigenvalue weighted by molar-refractivity contribution is 5.57. The van der Waals surface area contributed by atoms with Crippen molar-refractivity contribution >= 4 is 0 Å². The van der Waals surface area contributed by atoms with Crippen LogP contribution in [0, 0.1) is 0 Å². The van der Waals surface area contributed by atoms with Gasteiger partial charge in [0.25, 0.3) is 0 Å². The number of rotatable bonds is 4. The summed E-state index contributed by atoms with van der Waals surface area (Å²) in [4.78, 5) is 0. The van der Waals surface area contributed by atoms with Gasteiger partial charge in [0, 0.05) is 5.57 Å². The van der Waals surface area contributed by atoms with Crippen LogP contribution in [0.5, 0.6) is 0 Å². The molecule has 0 amide bonds. The van der Waals surface area contributed by atoms with Crippen molar-refractivity contribution in [3.05, 3.63) is 90.3 Å². The Balaban J connectivity index is 3.24. The van der Waals surface area contributed by atoms with E-state index < -0.39 is 0 Å². The predicted octanol–water partition coefficient (Wildman–Crippen LogP) is 4.44. The van der Waals surface area contributed by atoms with Crippen LogP contribution in [-0.2, 0) is 0 Å². The van der Waals surface area contributed by atoms with Crippen LogP contribution in [0.3, 0.4) is 0 Å². The van der Waals surface area contributed by atoms with E-state index in [1.807, 2.05) is 55.5 Å². The van der Waals surface area contributed by atoms with Crippen LogP contribution in [0.2, 0.25) is 0 Å². The summed E-state index contributed by atoms with van der Waals surface area (Å²) in [6.45, 7) is 9.56. The Kier molecular flexibility index (Phi) is 4.85. The molecule has 1 rings (SSSR count). The second-order valence-electron chi connectivity index (χ2n) is 3.23. The molecule has 0 aromatic heterocycles. The van der Waals surface area contributed by atoms with Gasteiger partial charge in [0.1, 0.15) is 0 Å². The Morgan fingerprint density at radius 2 is 2.06 bits per heavy atom. The molecule has 0 heterocycles. The topological polar surface area (TPSA) is 0 Å². The van der Waals surface area contributed by atoms with Gasteiger partial charge in [-0.15, -0.1) is 5.73 Å². The van der Waals surface area contributed by atoms with Crippen LogP contribution >= 0.6 is 0 Å². The number of hydrogen-bond acceptors (Lipinski definition) is 0. The lowest BCUT2D eigenvalue weighted by molar-refractivity contribution is 1.44. The molecule has 0 aromatic rings. The molecule has 0 heteroatoms. The van der Waals surface area contributed by atoms with Gasteiger partial charge in [-0.05, 0) is 30.2 Å². The monoisotopic (exact) mass is 208 g/mol. The van der Waals surface area contributed by atoms with E-state index in [4.69, 9.17) is 0 Å². The highest BCUT2D eigenvalue weighted by Gasteiger charge is 2.04. The van der Waals surface area contributed by atoms with Crippen LogP contribution in [0.25, 0.3) is 0 Å². The lowest BCUT2D eigenvalue weighted by Crippen LogP contribution is -1.89. The Labute approximate surface area is 97.7 Å². The summed E-state index contributed by atoms with van der Waals surface area (Å²) in [6, 6.07) is 0. The smallest absolute Gasteiger partial charge is 0.0242 e. The fourth-order valence-corrected chi connectivity index (χ4v) is 1.47. The van der Waals surface area contributed by atoms with Gasteiger partial charge in [0.05, 0.1) is 0 Å². The Morgan fingerprint density at radius 3 is 2.69 bits per heavy atom. The lowest BCUT2D eigenvalue weighted by atomic mass is 9.97. The van der Waals surface area contributed by atoms with Gasteiger partial charge in [-0.1, -0.05) is 55.7 Å². The summed E-state index contributed by atoms with van der Waals surface area (Å²) in [5.74, 6) is 0. The Bertz CT molecular complexity index is 456. The molecular weight excluding hydrogens is 192 g/mol. The fraction of sp³-hybridized carbons (Fsp3) is 0.0625. The molecule has 80 valence electrons. The molecular formula is C16H16. The third kappa shape index (κ3) is 2.98. The van der Waals surface area contributed by atoms with Gasteiger partial charge in [0.15, 0.2) is 0 Å². The molecule has 0 unspecified atom stereocenters. The molecule has 0 spiro atoms. The van der Waals surface area contributed by atoms with E-state index in [0.717, 1.165) is 16.7 Å². The van der Waals surface area contributed by atoms with Gasteiger partial charge < -0.3 is 0 Å². The molecule has 0 fully saturated rings. The molecule has 1 aliphatic rings. The molecule has 1 aliphatic carbocycles. The van der Waals surface area contributed by atoms with E-state index in [9.17, 15) is 0 Å². The molecule has 0 saturated carbocycles. The van der Waals surface area contributed by atoms with E-state index in [1.165, 1.54) is 0 Å². The molecule has 0 saturated heterocycles. The standard InChI is InChI=1S/C16H16/c1-4-11-16(14(5-2)6-3)15-12-9-7-8-10-13-15/h4-12H,1-2H2,3H3/b14-6-,16-11+. The van der Waals surface area contributed by atoms with Crippen LogP contribution in [0.1, 0.15) is 6.92 Å². The zero-order valence-electron chi connectivity index (χ0n) is 9.61. The van der Waals surface area contributed by atoms with Gasteiger partial charge in [-0.3, -0.25) is 0 Å². The average molecular weight is 208 g/mol. The minimum Gasteiger partial charge on any atom is -0.112 e. The molecule has 16 heavy (non-hydrogen) atoms. The summed E-state index contributed by atoms with van der Waals surface area (Å²) in [7, 11) is 0. The van der Waals surface area contributed by atoms with Crippen molar-refractivity contribution in [2.75, 3.05) is 0 Å². The third-order valence-corrected chi connectivity index (χ3v) is 2.24. The number of allylic oxidation sites excluding steroid dienone is 11. The van der Waals surface area contributed by atoms with E-state index in [-0.39, 0.29) is 0 Å². The van der Waals surface area contributed by atoms with Gasteiger partial charge in [-0.25, -0.2) is 0 Å². The first kappa shape index (κ1) is 12.0. The van der Waals surface area contributed by atoms with Crippen molar-refractivity contribution in [3.8, 4) is 0 Å². The molecule has 0 aliphatic heterocycles. The second kappa shape index (κ2) is 6.44. The van der Waals surface area contributed by atoms with Crippen molar-refractivity contribution in [2.24, 2.45) is 0 Å². The number of hydrogen-bond donors (Lipinski definition) is 0. The molecule has 0 radical (unpaired) electrons. The normalized spacial score (nSPS) is 15.7. The van der Waals surface area contributed by atoms with Crippen molar-refractivity contribution in [3.63, 3.8) is 0 Å². The van der Waals surface area contributed by atoms with E-state index >= 15 is 0 Å². The second-order valence-corrected chi connectivity index (χ2v) is 3.23. The lowest BCUT2D eigenvalue weighted by Gasteiger charge is -2.06. The fourth-order valence-electron chi connectivity index (χ4n) is 1.47. The zero-order valence-corrected chi connectivity index (χ0v) is 9.61. The summed E-state index contributed by atoms with van der Waals surface area (Å²) in [5, 5.41) is 0. The largest absolute Gasteiger partial charge is 0.112 e. The van der Waals surface area contributed by atoms with Crippen molar-refractivity contribution in [2.45, 2.75) is 6.92 Å². The average Bonchev–Trinajstić information content (AvgIpc) is 2.58. The third-order valence-electron chi connectivity index (χ3n) is 2.24. The highest BCUT2D eigenvalue weighted by Crippen LogP contribution is 2.21. The van der Waals surface area contributed by atoms with Gasteiger partial charge in [0.2, 0.25) is 0 Å². The minimum absolute atomic E-state index is 1.04. The van der Waals surface area contributed by atoms with Crippen LogP contribution < -0.4 is 0 Å². The van der Waals surface area contributed by atoms with Crippen LogP contribution in [0.15, 0.2) is 90.3 Å². The molecule has 0 aromatic carbocycles. The summed E-state index contributed by atoms with van der Waals surface area (Å²) >= 11 is 0. The molecule has 0 N–H and O–H groups in total. The van der Waals surface area contributed by atoms with Crippen molar-refractivity contribution < 1.29 is 0 Å². The summed E-state index contributed by atoms with van der Waals surface area (Å²) in [6.07, 6.45) is 17.5. The Morgan fingerprint density at radius 1 is 1.25 bits per heavy atom. The molecule has 0 atom stereocenters. The summed E-state index contributed by atoms with van der Waals surface area (Å²) in [5.41, 5.74) is 6.44. The maximum atomic E-state index is 3.82.